The van der Waals surface area contributed by atoms with Crippen LogP contribution in [0.25, 0.3) is 0 Å². The molecule has 0 saturated heterocycles. The monoisotopic (exact) mass is 409 g/mol. The first kappa shape index (κ1) is 22.3. The van der Waals surface area contributed by atoms with Crippen molar-refractivity contribution in [3.8, 4) is 11.5 Å². The molecule has 1 aromatic carbocycles. The van der Waals surface area contributed by atoms with Crippen molar-refractivity contribution < 1.29 is 38.1 Å². The molecule has 0 saturated carbocycles. The molecule has 9 heteroatoms. The number of methoxy groups -OCH3 is 1. The largest absolute Gasteiger partial charge is 0.465 e. The van der Waals surface area contributed by atoms with E-state index < -0.39 is 29.4 Å². The minimum absolute atomic E-state index is 0.0513. The number of amides is 2. The average molecular weight is 409 g/mol. The van der Waals surface area contributed by atoms with Crippen molar-refractivity contribution in [2.24, 2.45) is 0 Å². The number of hydrogen-bond donors (Lipinski definition) is 0. The molecule has 1 aliphatic rings. The Balaban J connectivity index is 2.71. The van der Waals surface area contributed by atoms with E-state index in [4.69, 9.17) is 23.7 Å². The molecular weight excluding hydrogens is 382 g/mol. The Morgan fingerprint density at radius 1 is 0.966 bits per heavy atom. The number of ether oxygens (including phenoxy) is 5. The summed E-state index contributed by atoms with van der Waals surface area (Å²) >= 11 is 0. The van der Waals surface area contributed by atoms with Gasteiger partial charge < -0.3 is 23.7 Å². The highest BCUT2D eigenvalue weighted by atomic mass is 16.7. The molecule has 0 atom stereocenters. The number of rotatable bonds is 2. The van der Waals surface area contributed by atoms with Gasteiger partial charge in [0.15, 0.2) is 11.5 Å². The van der Waals surface area contributed by atoms with Crippen LogP contribution in [0.1, 0.15) is 57.5 Å². The second-order valence-corrected chi connectivity index (χ2v) is 8.44. The number of imide groups is 1. The Bertz CT molecular complexity index is 804. The molecule has 29 heavy (non-hydrogen) atoms. The molecule has 0 fully saturated rings. The van der Waals surface area contributed by atoms with Crippen LogP contribution in [0.15, 0.2) is 6.07 Å². The molecule has 1 aliphatic heterocycles. The fourth-order valence-corrected chi connectivity index (χ4v) is 2.61. The van der Waals surface area contributed by atoms with Crippen molar-refractivity contribution in [3.63, 3.8) is 0 Å². The standard InChI is InChI=1S/C20H27NO8/c1-11-9-12-15(27-10-26-12)13(16(22)25-8)14(11)21(17(23)28-19(2,3)4)18(24)29-20(5,6)7/h9H,10H2,1-8H3. The molecule has 1 heterocycles. The van der Waals surface area contributed by atoms with Crippen LogP contribution in [0.4, 0.5) is 15.3 Å². The van der Waals surface area contributed by atoms with Gasteiger partial charge >= 0.3 is 18.2 Å². The van der Waals surface area contributed by atoms with E-state index in [0.29, 0.717) is 16.2 Å². The van der Waals surface area contributed by atoms with Gasteiger partial charge in [0.2, 0.25) is 6.79 Å². The van der Waals surface area contributed by atoms with E-state index in [0.717, 1.165) is 0 Å². The fourth-order valence-electron chi connectivity index (χ4n) is 2.61. The van der Waals surface area contributed by atoms with Gasteiger partial charge in [0.05, 0.1) is 12.8 Å². The van der Waals surface area contributed by atoms with Gasteiger partial charge in [0.25, 0.3) is 0 Å². The van der Waals surface area contributed by atoms with Crippen LogP contribution in [0.3, 0.4) is 0 Å². The smallest absolute Gasteiger partial charge is 0.424 e. The third kappa shape index (κ3) is 5.10. The maximum atomic E-state index is 13.0. The van der Waals surface area contributed by atoms with E-state index in [9.17, 15) is 14.4 Å². The molecular formula is C20H27NO8. The number of esters is 1. The normalized spacial score (nSPS) is 13.0. The SMILES string of the molecule is COC(=O)c1c2c(cc(C)c1N(C(=O)OC(C)(C)C)C(=O)OC(C)(C)C)OCO2. The zero-order valence-electron chi connectivity index (χ0n) is 18.0. The Morgan fingerprint density at radius 3 is 1.93 bits per heavy atom. The van der Waals surface area contributed by atoms with Crippen LogP contribution in [0.2, 0.25) is 0 Å². The minimum Gasteiger partial charge on any atom is -0.465 e. The molecule has 0 aliphatic carbocycles. The fraction of sp³-hybridized carbons (Fsp3) is 0.550. The second-order valence-electron chi connectivity index (χ2n) is 8.44. The van der Waals surface area contributed by atoms with E-state index in [1.807, 2.05) is 0 Å². The first-order valence-electron chi connectivity index (χ1n) is 9.03. The Kier molecular flexibility index (Phi) is 6.01. The van der Waals surface area contributed by atoms with Crippen molar-refractivity contribution >= 4 is 23.8 Å². The van der Waals surface area contributed by atoms with Crippen molar-refractivity contribution in [2.45, 2.75) is 59.7 Å². The van der Waals surface area contributed by atoms with E-state index in [1.54, 1.807) is 54.5 Å². The third-order valence-electron chi connectivity index (χ3n) is 3.59. The van der Waals surface area contributed by atoms with Gasteiger partial charge in [-0.25, -0.2) is 14.4 Å². The van der Waals surface area contributed by atoms with E-state index >= 15 is 0 Å². The first-order valence-corrected chi connectivity index (χ1v) is 9.03. The molecule has 160 valence electrons. The summed E-state index contributed by atoms with van der Waals surface area (Å²) in [4.78, 5) is 39.2. The van der Waals surface area contributed by atoms with Crippen LogP contribution in [0, 0.1) is 6.92 Å². The molecule has 0 N–H and O–H groups in total. The summed E-state index contributed by atoms with van der Waals surface area (Å²) in [6, 6.07) is 1.56. The predicted molar refractivity (Wildman–Crippen MR) is 104 cm³/mol. The molecule has 1 aromatic rings. The summed E-state index contributed by atoms with van der Waals surface area (Å²) in [5.41, 5.74) is -1.58. The molecule has 0 bridgehead atoms. The highest BCUT2D eigenvalue weighted by molar-refractivity contribution is 6.15. The molecule has 9 nitrogen and oxygen atoms in total. The number of aryl methyl sites for hydroxylation is 1. The Labute approximate surface area is 169 Å². The van der Waals surface area contributed by atoms with Crippen LogP contribution in [0.5, 0.6) is 11.5 Å². The topological polar surface area (TPSA) is 101 Å². The molecule has 0 aromatic heterocycles. The predicted octanol–water partition coefficient (Wildman–Crippen LogP) is 4.19. The lowest BCUT2D eigenvalue weighted by Gasteiger charge is -2.30. The molecule has 0 spiro atoms. The van der Waals surface area contributed by atoms with Gasteiger partial charge in [-0.1, -0.05) is 0 Å². The summed E-state index contributed by atoms with van der Waals surface area (Å²) in [6.07, 6.45) is -2.00. The van der Waals surface area contributed by atoms with Crippen molar-refractivity contribution in [3.05, 3.63) is 17.2 Å². The van der Waals surface area contributed by atoms with E-state index in [1.165, 1.54) is 7.11 Å². The highest BCUT2D eigenvalue weighted by Gasteiger charge is 2.39. The van der Waals surface area contributed by atoms with Gasteiger partial charge in [-0.3, -0.25) is 0 Å². The summed E-state index contributed by atoms with van der Waals surface area (Å²) in [6.45, 7) is 11.5. The maximum absolute atomic E-state index is 13.0. The van der Waals surface area contributed by atoms with E-state index in [2.05, 4.69) is 0 Å². The molecule has 2 rings (SSSR count). The van der Waals surface area contributed by atoms with Gasteiger partial charge in [-0.05, 0) is 60.1 Å². The summed E-state index contributed by atoms with van der Waals surface area (Å²) in [5, 5.41) is 0. The second kappa shape index (κ2) is 7.81. The Morgan fingerprint density at radius 2 is 1.48 bits per heavy atom. The summed E-state index contributed by atoms with van der Waals surface area (Å²) in [7, 11) is 1.18. The molecule has 2 amide bonds. The number of carbonyl (C=O) groups excluding carboxylic acids is 3. The zero-order chi connectivity index (χ0) is 22.1. The number of nitrogens with zero attached hydrogens (tertiary/aromatic N) is 1. The van der Waals surface area contributed by atoms with Gasteiger partial charge in [-0.2, -0.15) is 4.90 Å². The summed E-state index contributed by atoms with van der Waals surface area (Å²) < 4.78 is 26.4. The van der Waals surface area contributed by atoms with Crippen LogP contribution >= 0.6 is 0 Å². The van der Waals surface area contributed by atoms with Crippen LogP contribution in [-0.2, 0) is 14.2 Å². The molecule has 0 unspecified atom stereocenters. The first-order chi connectivity index (χ1) is 13.2. The van der Waals surface area contributed by atoms with E-state index in [-0.39, 0.29) is 23.8 Å². The molecule has 0 radical (unpaired) electrons. The van der Waals surface area contributed by atoms with Crippen LogP contribution in [-0.4, -0.2) is 43.3 Å². The lowest BCUT2D eigenvalue weighted by atomic mass is 10.0. The lowest BCUT2D eigenvalue weighted by molar-refractivity contribution is 0.0430. The van der Waals surface area contributed by atoms with Crippen molar-refractivity contribution in [2.75, 3.05) is 18.8 Å². The third-order valence-corrected chi connectivity index (χ3v) is 3.59. The zero-order valence-corrected chi connectivity index (χ0v) is 18.0. The van der Waals surface area contributed by atoms with Crippen LogP contribution < -0.4 is 14.4 Å². The number of fused-ring (bicyclic) bond motifs is 1. The van der Waals surface area contributed by atoms with Gasteiger partial charge in [-0.15, -0.1) is 0 Å². The van der Waals surface area contributed by atoms with Gasteiger partial charge in [0.1, 0.15) is 16.8 Å². The average Bonchev–Trinajstić information content (AvgIpc) is 2.98. The number of carbonyl (C=O) groups is 3. The van der Waals surface area contributed by atoms with Crippen molar-refractivity contribution in [1.82, 2.24) is 0 Å². The minimum atomic E-state index is -1.00. The van der Waals surface area contributed by atoms with Crippen molar-refractivity contribution in [1.29, 1.82) is 0 Å². The summed E-state index contributed by atoms with van der Waals surface area (Å²) in [5.74, 6) is -0.419. The number of hydrogen-bond acceptors (Lipinski definition) is 8. The number of anilines is 1. The quantitative estimate of drug-likeness (QED) is 0.529. The van der Waals surface area contributed by atoms with Gasteiger partial charge in [0, 0.05) is 0 Å². The number of benzene rings is 1. The Hall–Kier alpha value is -2.97. The maximum Gasteiger partial charge on any atom is 0.424 e. The highest BCUT2D eigenvalue weighted by Crippen LogP contribution is 2.44. The lowest BCUT2D eigenvalue weighted by Crippen LogP contribution is -2.44.